The van der Waals surface area contributed by atoms with Crippen LogP contribution in [0.1, 0.15) is 26.3 Å². The number of hydrogen-bond donors (Lipinski definition) is 1. The molecule has 1 heterocycles. The summed E-state index contributed by atoms with van der Waals surface area (Å²) in [5, 5.41) is 3.09. The Bertz CT molecular complexity index is 463. The first-order chi connectivity index (χ1) is 8.40. The third-order valence-corrected chi connectivity index (χ3v) is 2.88. The van der Waals surface area contributed by atoms with Gasteiger partial charge in [-0.15, -0.1) is 0 Å². The van der Waals surface area contributed by atoms with Crippen LogP contribution in [0.2, 0.25) is 0 Å². The molecule has 1 aliphatic rings. The summed E-state index contributed by atoms with van der Waals surface area (Å²) in [5.74, 6) is 0. The predicted molar refractivity (Wildman–Crippen MR) is 73.3 cm³/mol. The Hall–Kier alpha value is -1.71. The number of carbonyl (C=O) groups is 1. The summed E-state index contributed by atoms with van der Waals surface area (Å²) in [6.45, 7) is 6.33. The van der Waals surface area contributed by atoms with E-state index in [4.69, 9.17) is 4.74 Å². The largest absolute Gasteiger partial charge is 0.443 e. The van der Waals surface area contributed by atoms with E-state index in [1.54, 1.807) is 4.90 Å². The SMILES string of the molecule is CNc1ccc2c(c1)N(C(=O)OC(C)(C)C)CC2. The highest BCUT2D eigenvalue weighted by atomic mass is 16.6. The fraction of sp³-hybridized carbons (Fsp3) is 0.500. The highest BCUT2D eigenvalue weighted by Gasteiger charge is 2.28. The van der Waals surface area contributed by atoms with Gasteiger partial charge in [-0.1, -0.05) is 6.07 Å². The van der Waals surface area contributed by atoms with Crippen molar-refractivity contribution in [2.75, 3.05) is 23.8 Å². The molecule has 0 radical (unpaired) electrons. The lowest BCUT2D eigenvalue weighted by atomic mass is 10.1. The first kappa shape index (κ1) is 12.7. The lowest BCUT2D eigenvalue weighted by Crippen LogP contribution is -2.35. The van der Waals surface area contributed by atoms with Gasteiger partial charge in [-0.2, -0.15) is 0 Å². The van der Waals surface area contributed by atoms with E-state index >= 15 is 0 Å². The lowest BCUT2D eigenvalue weighted by molar-refractivity contribution is 0.0584. The van der Waals surface area contributed by atoms with E-state index in [0.717, 1.165) is 17.8 Å². The Morgan fingerprint density at radius 1 is 1.39 bits per heavy atom. The fourth-order valence-corrected chi connectivity index (χ4v) is 2.04. The molecule has 1 aromatic rings. The van der Waals surface area contributed by atoms with E-state index in [9.17, 15) is 4.79 Å². The molecule has 2 rings (SSSR count). The highest BCUT2D eigenvalue weighted by molar-refractivity contribution is 5.91. The van der Waals surface area contributed by atoms with Crippen LogP contribution in [0.15, 0.2) is 18.2 Å². The van der Waals surface area contributed by atoms with Gasteiger partial charge in [-0.25, -0.2) is 4.79 Å². The molecule has 0 atom stereocenters. The first-order valence-electron chi connectivity index (χ1n) is 6.22. The van der Waals surface area contributed by atoms with Gasteiger partial charge in [0.1, 0.15) is 5.60 Å². The number of rotatable bonds is 1. The van der Waals surface area contributed by atoms with Crippen LogP contribution in [0.3, 0.4) is 0 Å². The van der Waals surface area contributed by atoms with Crippen molar-refractivity contribution in [3.05, 3.63) is 23.8 Å². The van der Waals surface area contributed by atoms with Crippen molar-refractivity contribution in [2.24, 2.45) is 0 Å². The summed E-state index contributed by atoms with van der Waals surface area (Å²) in [6, 6.07) is 6.08. The van der Waals surface area contributed by atoms with Crippen LogP contribution in [0.25, 0.3) is 0 Å². The molecule has 1 N–H and O–H groups in total. The van der Waals surface area contributed by atoms with E-state index in [1.807, 2.05) is 40.0 Å². The Labute approximate surface area is 108 Å². The Balaban J connectivity index is 2.22. The molecule has 1 aromatic carbocycles. The third kappa shape index (κ3) is 2.58. The molecule has 1 amide bonds. The van der Waals surface area contributed by atoms with Crippen molar-refractivity contribution in [1.82, 2.24) is 0 Å². The average molecular weight is 248 g/mol. The van der Waals surface area contributed by atoms with Crippen LogP contribution < -0.4 is 10.2 Å². The summed E-state index contributed by atoms with van der Waals surface area (Å²) in [4.78, 5) is 13.8. The normalized spacial score (nSPS) is 14.3. The van der Waals surface area contributed by atoms with Crippen molar-refractivity contribution in [3.63, 3.8) is 0 Å². The van der Waals surface area contributed by atoms with Gasteiger partial charge in [0.2, 0.25) is 0 Å². The van der Waals surface area contributed by atoms with E-state index < -0.39 is 5.60 Å². The van der Waals surface area contributed by atoms with Gasteiger partial charge in [-0.05, 0) is 44.9 Å². The molecule has 0 bridgehead atoms. The zero-order valence-electron chi connectivity index (χ0n) is 11.4. The number of benzene rings is 1. The topological polar surface area (TPSA) is 41.6 Å². The zero-order chi connectivity index (χ0) is 13.3. The van der Waals surface area contributed by atoms with Gasteiger partial charge in [0.25, 0.3) is 0 Å². The van der Waals surface area contributed by atoms with Crippen molar-refractivity contribution in [3.8, 4) is 0 Å². The first-order valence-corrected chi connectivity index (χ1v) is 6.22. The standard InChI is InChI=1S/C14H20N2O2/c1-14(2,3)18-13(17)16-8-7-10-5-6-11(15-4)9-12(10)16/h5-6,9,15H,7-8H2,1-4H3. The predicted octanol–water partition coefficient (Wildman–Crippen LogP) is 3.03. The van der Waals surface area contributed by atoms with Crippen LogP contribution >= 0.6 is 0 Å². The van der Waals surface area contributed by atoms with Crippen LogP contribution in [0.4, 0.5) is 16.2 Å². The maximum atomic E-state index is 12.1. The number of nitrogens with one attached hydrogen (secondary N) is 1. The molecule has 0 saturated heterocycles. The Morgan fingerprint density at radius 3 is 2.72 bits per heavy atom. The second-order valence-corrected chi connectivity index (χ2v) is 5.48. The quantitative estimate of drug-likeness (QED) is 0.830. The number of anilines is 2. The highest BCUT2D eigenvalue weighted by Crippen LogP contribution is 2.31. The molecule has 98 valence electrons. The molecule has 0 spiro atoms. The van der Waals surface area contributed by atoms with Crippen molar-refractivity contribution < 1.29 is 9.53 Å². The third-order valence-electron chi connectivity index (χ3n) is 2.88. The molecule has 0 aliphatic carbocycles. The van der Waals surface area contributed by atoms with Gasteiger partial charge < -0.3 is 10.1 Å². The number of nitrogens with zero attached hydrogens (tertiary/aromatic N) is 1. The number of carbonyl (C=O) groups excluding carboxylic acids is 1. The van der Waals surface area contributed by atoms with Crippen LogP contribution in [-0.2, 0) is 11.2 Å². The molecule has 4 nitrogen and oxygen atoms in total. The summed E-state index contributed by atoms with van der Waals surface area (Å²) in [6.07, 6.45) is 0.618. The number of hydrogen-bond acceptors (Lipinski definition) is 3. The van der Waals surface area contributed by atoms with E-state index in [2.05, 4.69) is 11.4 Å². The van der Waals surface area contributed by atoms with Gasteiger partial charge in [0.15, 0.2) is 0 Å². The molecule has 1 aliphatic heterocycles. The second-order valence-electron chi connectivity index (χ2n) is 5.48. The Morgan fingerprint density at radius 2 is 2.11 bits per heavy atom. The maximum Gasteiger partial charge on any atom is 0.414 e. The minimum Gasteiger partial charge on any atom is -0.443 e. The fourth-order valence-electron chi connectivity index (χ4n) is 2.04. The smallest absolute Gasteiger partial charge is 0.414 e. The molecule has 4 heteroatoms. The molecule has 0 saturated carbocycles. The van der Waals surface area contributed by atoms with Crippen molar-refractivity contribution >= 4 is 17.5 Å². The summed E-state index contributed by atoms with van der Waals surface area (Å²) in [5.41, 5.74) is 2.70. The summed E-state index contributed by atoms with van der Waals surface area (Å²) >= 11 is 0. The number of amides is 1. The molecular weight excluding hydrogens is 228 g/mol. The van der Waals surface area contributed by atoms with E-state index in [-0.39, 0.29) is 6.09 Å². The number of fused-ring (bicyclic) bond motifs is 1. The Kier molecular flexibility index (Phi) is 3.20. The molecule has 0 unspecified atom stereocenters. The molecular formula is C14H20N2O2. The van der Waals surface area contributed by atoms with E-state index in [1.165, 1.54) is 5.56 Å². The maximum absolute atomic E-state index is 12.1. The molecule has 18 heavy (non-hydrogen) atoms. The minimum atomic E-state index is -0.458. The molecule has 0 fully saturated rings. The van der Waals surface area contributed by atoms with E-state index in [0.29, 0.717) is 6.54 Å². The van der Waals surface area contributed by atoms with Crippen LogP contribution in [0, 0.1) is 0 Å². The van der Waals surface area contributed by atoms with Crippen molar-refractivity contribution in [2.45, 2.75) is 32.8 Å². The van der Waals surface area contributed by atoms with Crippen LogP contribution in [0.5, 0.6) is 0 Å². The average Bonchev–Trinajstić information content (AvgIpc) is 2.69. The monoisotopic (exact) mass is 248 g/mol. The van der Waals surface area contributed by atoms with Gasteiger partial charge >= 0.3 is 6.09 Å². The number of ether oxygens (including phenoxy) is 1. The van der Waals surface area contributed by atoms with Gasteiger partial charge in [0, 0.05) is 19.3 Å². The summed E-state index contributed by atoms with van der Waals surface area (Å²) < 4.78 is 5.42. The van der Waals surface area contributed by atoms with Crippen molar-refractivity contribution in [1.29, 1.82) is 0 Å². The zero-order valence-corrected chi connectivity index (χ0v) is 11.4. The minimum absolute atomic E-state index is 0.269. The van der Waals surface area contributed by atoms with Gasteiger partial charge in [-0.3, -0.25) is 4.90 Å². The van der Waals surface area contributed by atoms with Gasteiger partial charge in [0.05, 0.1) is 5.69 Å². The molecule has 0 aromatic heterocycles. The second kappa shape index (κ2) is 4.52. The summed E-state index contributed by atoms with van der Waals surface area (Å²) in [7, 11) is 1.87. The lowest BCUT2D eigenvalue weighted by Gasteiger charge is -2.25. The van der Waals surface area contributed by atoms with Crippen LogP contribution in [-0.4, -0.2) is 25.3 Å².